The molecule has 74 valence electrons. The highest BCUT2D eigenvalue weighted by atomic mass is 16.4. The predicted molar refractivity (Wildman–Crippen MR) is 51.3 cm³/mol. The Morgan fingerprint density at radius 2 is 2.31 bits per heavy atom. The molecule has 0 saturated heterocycles. The zero-order chi connectivity index (χ0) is 10.1. The van der Waals surface area contributed by atoms with Gasteiger partial charge in [0.25, 0.3) is 0 Å². The number of carboxylic acids is 1. The normalized spacial score (nSPS) is 28.2. The van der Waals surface area contributed by atoms with Gasteiger partial charge in [0, 0.05) is 11.0 Å². The summed E-state index contributed by atoms with van der Waals surface area (Å²) in [6.45, 7) is 4.46. The van der Waals surface area contributed by atoms with Gasteiger partial charge >= 0.3 is 5.97 Å². The molecule has 3 N–H and O–H groups in total. The van der Waals surface area contributed by atoms with E-state index >= 15 is 0 Å². The Balaban J connectivity index is 2.96. The quantitative estimate of drug-likeness (QED) is 0.697. The number of aliphatic carboxylic acids is 1. The molecule has 1 rings (SSSR count). The van der Waals surface area contributed by atoms with Gasteiger partial charge in [-0.2, -0.15) is 0 Å². The van der Waals surface area contributed by atoms with E-state index in [9.17, 15) is 4.79 Å². The molecule has 0 fully saturated rings. The lowest BCUT2D eigenvalue weighted by Crippen LogP contribution is -2.24. The van der Waals surface area contributed by atoms with Crippen LogP contribution in [0.15, 0.2) is 11.1 Å². The molecule has 1 aliphatic rings. The molecule has 0 heterocycles. The predicted octanol–water partition coefficient (Wildman–Crippen LogP) is 1.54. The maximum Gasteiger partial charge on any atom is 0.332 e. The standard InChI is InChI=1S/C10H17NO2/c1-7-3-4-10(2,5-6-11)8(7)9(12)13/h3-6,11H2,1-2H3,(H,12,13). The Bertz CT molecular complexity index is 258. The molecule has 0 aromatic heterocycles. The van der Waals surface area contributed by atoms with E-state index in [-0.39, 0.29) is 5.41 Å². The summed E-state index contributed by atoms with van der Waals surface area (Å²) in [5.41, 5.74) is 6.91. The van der Waals surface area contributed by atoms with E-state index in [4.69, 9.17) is 10.8 Å². The lowest BCUT2D eigenvalue weighted by molar-refractivity contribution is -0.133. The van der Waals surface area contributed by atoms with Gasteiger partial charge in [0.15, 0.2) is 0 Å². The van der Waals surface area contributed by atoms with Crippen LogP contribution < -0.4 is 5.73 Å². The van der Waals surface area contributed by atoms with Crippen LogP contribution in [-0.4, -0.2) is 17.6 Å². The summed E-state index contributed by atoms with van der Waals surface area (Å²) in [4.78, 5) is 11.0. The van der Waals surface area contributed by atoms with Crippen LogP contribution in [0.2, 0.25) is 0 Å². The summed E-state index contributed by atoms with van der Waals surface area (Å²) < 4.78 is 0. The largest absolute Gasteiger partial charge is 0.478 e. The van der Waals surface area contributed by atoms with Crippen molar-refractivity contribution in [1.82, 2.24) is 0 Å². The van der Waals surface area contributed by atoms with Gasteiger partial charge in [-0.05, 0) is 32.7 Å². The number of hydrogen-bond acceptors (Lipinski definition) is 2. The second-order valence-electron chi connectivity index (χ2n) is 4.06. The highest BCUT2D eigenvalue weighted by molar-refractivity contribution is 5.89. The van der Waals surface area contributed by atoms with E-state index in [0.29, 0.717) is 12.1 Å². The van der Waals surface area contributed by atoms with Crippen molar-refractivity contribution < 1.29 is 9.90 Å². The van der Waals surface area contributed by atoms with Gasteiger partial charge in [0.2, 0.25) is 0 Å². The summed E-state index contributed by atoms with van der Waals surface area (Å²) in [6, 6.07) is 0. The summed E-state index contributed by atoms with van der Waals surface area (Å²) in [5, 5.41) is 9.05. The molecule has 0 aromatic rings. The van der Waals surface area contributed by atoms with Gasteiger partial charge in [-0.15, -0.1) is 0 Å². The van der Waals surface area contributed by atoms with Crippen LogP contribution in [0.25, 0.3) is 0 Å². The fraction of sp³-hybridized carbons (Fsp3) is 0.700. The van der Waals surface area contributed by atoms with Gasteiger partial charge in [0.05, 0.1) is 0 Å². The Morgan fingerprint density at radius 3 is 2.77 bits per heavy atom. The van der Waals surface area contributed by atoms with Crippen molar-refractivity contribution in [2.45, 2.75) is 33.1 Å². The first-order chi connectivity index (χ1) is 6.01. The van der Waals surface area contributed by atoms with Gasteiger partial charge in [0.1, 0.15) is 0 Å². The van der Waals surface area contributed by atoms with Gasteiger partial charge < -0.3 is 10.8 Å². The third-order valence-electron chi connectivity index (χ3n) is 2.99. The summed E-state index contributed by atoms with van der Waals surface area (Å²) in [7, 11) is 0. The molecule has 0 saturated carbocycles. The average Bonchev–Trinajstić information content (AvgIpc) is 2.27. The summed E-state index contributed by atoms with van der Waals surface area (Å²) in [6.07, 6.45) is 2.60. The highest BCUT2D eigenvalue weighted by Gasteiger charge is 2.38. The average molecular weight is 183 g/mol. The lowest BCUT2D eigenvalue weighted by atomic mass is 9.80. The molecule has 1 aliphatic carbocycles. The van der Waals surface area contributed by atoms with Crippen LogP contribution in [0.5, 0.6) is 0 Å². The SMILES string of the molecule is CC1=C(C(=O)O)C(C)(CCN)CC1. The van der Waals surface area contributed by atoms with Crippen LogP contribution in [0.4, 0.5) is 0 Å². The minimum absolute atomic E-state index is 0.190. The van der Waals surface area contributed by atoms with Crippen LogP contribution >= 0.6 is 0 Å². The van der Waals surface area contributed by atoms with Crippen molar-refractivity contribution in [3.8, 4) is 0 Å². The molecular formula is C10H17NO2. The monoisotopic (exact) mass is 183 g/mol. The molecule has 0 bridgehead atoms. The number of hydrogen-bond donors (Lipinski definition) is 2. The Hall–Kier alpha value is -0.830. The topological polar surface area (TPSA) is 63.3 Å². The van der Waals surface area contributed by atoms with Gasteiger partial charge in [-0.1, -0.05) is 12.5 Å². The van der Waals surface area contributed by atoms with Crippen molar-refractivity contribution in [3.63, 3.8) is 0 Å². The maximum absolute atomic E-state index is 11.0. The molecule has 0 amide bonds. The van der Waals surface area contributed by atoms with Crippen LogP contribution in [0, 0.1) is 5.41 Å². The molecule has 13 heavy (non-hydrogen) atoms. The maximum atomic E-state index is 11.0. The number of nitrogens with two attached hydrogens (primary N) is 1. The highest BCUT2D eigenvalue weighted by Crippen LogP contribution is 2.44. The minimum atomic E-state index is -0.772. The van der Waals surface area contributed by atoms with E-state index in [1.807, 2.05) is 13.8 Å². The van der Waals surface area contributed by atoms with Crippen LogP contribution in [-0.2, 0) is 4.79 Å². The molecule has 0 radical (unpaired) electrons. The fourth-order valence-corrected chi connectivity index (χ4v) is 2.24. The first-order valence-electron chi connectivity index (χ1n) is 4.65. The van der Waals surface area contributed by atoms with Crippen molar-refractivity contribution in [3.05, 3.63) is 11.1 Å². The first-order valence-corrected chi connectivity index (χ1v) is 4.65. The number of allylic oxidation sites excluding steroid dienone is 1. The van der Waals surface area contributed by atoms with Crippen molar-refractivity contribution in [2.75, 3.05) is 6.54 Å². The third-order valence-corrected chi connectivity index (χ3v) is 2.99. The summed E-state index contributed by atoms with van der Waals surface area (Å²) >= 11 is 0. The first kappa shape index (κ1) is 10.3. The number of carboxylic acid groups (broad SMARTS) is 1. The van der Waals surface area contributed by atoms with Gasteiger partial charge in [-0.25, -0.2) is 4.79 Å². The molecule has 0 aliphatic heterocycles. The van der Waals surface area contributed by atoms with E-state index in [0.717, 1.165) is 24.8 Å². The molecule has 3 nitrogen and oxygen atoms in total. The van der Waals surface area contributed by atoms with E-state index in [1.54, 1.807) is 0 Å². The Kier molecular flexibility index (Phi) is 2.76. The molecule has 0 aromatic carbocycles. The second kappa shape index (κ2) is 3.50. The van der Waals surface area contributed by atoms with E-state index in [1.165, 1.54) is 0 Å². The molecule has 1 atom stereocenters. The summed E-state index contributed by atoms with van der Waals surface area (Å²) in [5.74, 6) is -0.772. The Labute approximate surface area is 78.6 Å². The second-order valence-corrected chi connectivity index (χ2v) is 4.06. The molecule has 1 unspecified atom stereocenters. The third kappa shape index (κ3) is 1.75. The van der Waals surface area contributed by atoms with E-state index in [2.05, 4.69) is 0 Å². The van der Waals surface area contributed by atoms with Crippen LogP contribution in [0.3, 0.4) is 0 Å². The number of rotatable bonds is 3. The zero-order valence-corrected chi connectivity index (χ0v) is 8.26. The van der Waals surface area contributed by atoms with Gasteiger partial charge in [-0.3, -0.25) is 0 Å². The smallest absolute Gasteiger partial charge is 0.332 e. The van der Waals surface area contributed by atoms with Crippen molar-refractivity contribution in [1.29, 1.82) is 0 Å². The molecular weight excluding hydrogens is 166 g/mol. The zero-order valence-electron chi connectivity index (χ0n) is 8.26. The van der Waals surface area contributed by atoms with Crippen LogP contribution in [0.1, 0.15) is 33.1 Å². The molecule has 0 spiro atoms. The fourth-order valence-electron chi connectivity index (χ4n) is 2.24. The van der Waals surface area contributed by atoms with Crippen molar-refractivity contribution in [2.24, 2.45) is 11.1 Å². The number of carbonyl (C=O) groups is 1. The Morgan fingerprint density at radius 1 is 1.69 bits per heavy atom. The van der Waals surface area contributed by atoms with Crippen molar-refractivity contribution >= 4 is 5.97 Å². The van der Waals surface area contributed by atoms with E-state index < -0.39 is 5.97 Å². The minimum Gasteiger partial charge on any atom is -0.478 e. The molecule has 3 heteroatoms. The lowest BCUT2D eigenvalue weighted by Gasteiger charge is -2.24.